The second-order valence-electron chi connectivity index (χ2n) is 3.02. The molecular weight excluding hydrogens is 246 g/mol. The normalized spacial score (nSPS) is 11.5. The first-order chi connectivity index (χ1) is 8.04. The van der Waals surface area contributed by atoms with Crippen molar-refractivity contribution in [3.05, 3.63) is 17.1 Å². The van der Waals surface area contributed by atoms with E-state index in [0.717, 1.165) is 4.31 Å². The molecule has 1 rings (SSSR count). The van der Waals surface area contributed by atoms with Crippen molar-refractivity contribution in [2.24, 2.45) is 0 Å². The minimum absolute atomic E-state index is 0.172. The lowest BCUT2D eigenvalue weighted by molar-refractivity contribution is 0.406. The van der Waals surface area contributed by atoms with Crippen LogP contribution in [0.2, 0.25) is 0 Å². The van der Waals surface area contributed by atoms with Crippen LogP contribution in [-0.4, -0.2) is 30.0 Å². The molecule has 1 aromatic rings. The third-order valence-electron chi connectivity index (χ3n) is 2.16. The molecule has 0 radical (unpaired) electrons. The van der Waals surface area contributed by atoms with Gasteiger partial charge in [-0.2, -0.15) is 0 Å². The number of methoxy groups -OCH3 is 2. The predicted molar refractivity (Wildman–Crippen MR) is 63.5 cm³/mol. The first-order valence-electron chi connectivity index (χ1n) is 4.51. The molecule has 7 nitrogen and oxygen atoms in total. The van der Waals surface area contributed by atoms with Crippen LogP contribution in [0.25, 0.3) is 4.98 Å². The van der Waals surface area contributed by atoms with Gasteiger partial charge in [-0.3, -0.25) is 8.86 Å². The summed E-state index contributed by atoms with van der Waals surface area (Å²) in [6.07, 6.45) is 0. The molecule has 1 N–H and O–H groups in total. The molecule has 0 aliphatic heterocycles. The average molecular weight is 258 g/mol. The molecule has 0 bridgehead atoms. The third kappa shape index (κ3) is 2.64. The fourth-order valence-electron chi connectivity index (χ4n) is 1.27. The summed E-state index contributed by atoms with van der Waals surface area (Å²) >= 11 is -2.19. The SMILES string of the molecule is COc1cc(N(C)S(=O)O)c(OC)cc1[N+]#N. The fourth-order valence-corrected chi connectivity index (χ4v) is 1.58. The largest absolute Gasteiger partial charge is 0.494 e. The van der Waals surface area contributed by atoms with E-state index in [1.807, 2.05) is 0 Å². The quantitative estimate of drug-likeness (QED) is 0.656. The zero-order chi connectivity index (χ0) is 13.0. The molecule has 0 fully saturated rings. The van der Waals surface area contributed by atoms with Gasteiger partial charge in [0.05, 0.1) is 26.0 Å². The molecular formula is C9H12N3O4S+. The van der Waals surface area contributed by atoms with Gasteiger partial charge in [0.25, 0.3) is 11.3 Å². The van der Waals surface area contributed by atoms with E-state index in [0.29, 0.717) is 11.4 Å². The van der Waals surface area contributed by atoms with Gasteiger partial charge in [-0.15, -0.1) is 0 Å². The van der Waals surface area contributed by atoms with Gasteiger partial charge in [0, 0.05) is 13.1 Å². The molecule has 0 heterocycles. The second-order valence-corrected chi connectivity index (χ2v) is 4.03. The summed E-state index contributed by atoms with van der Waals surface area (Å²) in [6.45, 7) is 0. The third-order valence-corrected chi connectivity index (χ3v) is 2.83. The van der Waals surface area contributed by atoms with Crippen molar-refractivity contribution in [3.8, 4) is 11.5 Å². The molecule has 1 aromatic carbocycles. The number of nitrogens with zero attached hydrogens (tertiary/aromatic N) is 3. The van der Waals surface area contributed by atoms with Gasteiger partial charge in [-0.05, 0) is 0 Å². The zero-order valence-electron chi connectivity index (χ0n) is 9.58. The van der Waals surface area contributed by atoms with Crippen LogP contribution in [-0.2, 0) is 11.3 Å². The summed E-state index contributed by atoms with van der Waals surface area (Å²) in [5.74, 6) is 0.559. The number of ether oxygens (including phenoxy) is 2. The summed E-state index contributed by atoms with van der Waals surface area (Å²) in [5, 5.41) is 8.77. The van der Waals surface area contributed by atoms with Crippen molar-refractivity contribution in [2.75, 3.05) is 25.6 Å². The predicted octanol–water partition coefficient (Wildman–Crippen LogP) is 1.76. The molecule has 1 atom stereocenters. The molecule has 92 valence electrons. The van der Waals surface area contributed by atoms with Crippen molar-refractivity contribution in [1.82, 2.24) is 0 Å². The fraction of sp³-hybridized carbons (Fsp3) is 0.333. The van der Waals surface area contributed by atoms with Crippen molar-refractivity contribution < 1.29 is 18.2 Å². The van der Waals surface area contributed by atoms with Gasteiger partial charge < -0.3 is 9.47 Å². The van der Waals surface area contributed by atoms with Crippen LogP contribution in [0, 0.1) is 5.39 Å². The molecule has 0 aromatic heterocycles. The van der Waals surface area contributed by atoms with Crippen molar-refractivity contribution in [2.45, 2.75) is 0 Å². The number of rotatable bonds is 4. The van der Waals surface area contributed by atoms with E-state index in [9.17, 15) is 4.21 Å². The zero-order valence-corrected chi connectivity index (χ0v) is 10.4. The van der Waals surface area contributed by atoms with Crippen LogP contribution in [0.1, 0.15) is 0 Å². The van der Waals surface area contributed by atoms with Crippen LogP contribution < -0.4 is 13.8 Å². The monoisotopic (exact) mass is 258 g/mol. The smallest absolute Gasteiger partial charge is 0.430 e. The lowest BCUT2D eigenvalue weighted by Gasteiger charge is -2.16. The van der Waals surface area contributed by atoms with E-state index in [2.05, 4.69) is 4.98 Å². The number of hydrogen-bond donors (Lipinski definition) is 1. The van der Waals surface area contributed by atoms with Gasteiger partial charge in [0.2, 0.25) is 11.1 Å². The average Bonchev–Trinajstić information content (AvgIpc) is 2.35. The molecule has 0 saturated heterocycles. The summed E-state index contributed by atoms with van der Waals surface area (Å²) in [4.78, 5) is 3.03. The molecule has 0 amide bonds. The highest BCUT2D eigenvalue weighted by Crippen LogP contribution is 2.39. The number of diazo groups is 1. The molecule has 0 spiro atoms. The Labute approximate surface area is 101 Å². The van der Waals surface area contributed by atoms with E-state index >= 15 is 0 Å². The maximum atomic E-state index is 11.0. The molecule has 17 heavy (non-hydrogen) atoms. The van der Waals surface area contributed by atoms with E-state index in [1.54, 1.807) is 0 Å². The molecule has 0 aliphatic carbocycles. The topological polar surface area (TPSA) is 87.2 Å². The number of benzene rings is 1. The van der Waals surface area contributed by atoms with Gasteiger partial charge in [-0.25, -0.2) is 4.21 Å². The number of hydrogen-bond acceptors (Lipinski definition) is 4. The summed E-state index contributed by atoms with van der Waals surface area (Å²) < 4.78 is 31.1. The van der Waals surface area contributed by atoms with Crippen molar-refractivity contribution in [3.63, 3.8) is 0 Å². The van der Waals surface area contributed by atoms with Crippen LogP contribution in [0.15, 0.2) is 12.1 Å². The van der Waals surface area contributed by atoms with Crippen molar-refractivity contribution in [1.29, 1.82) is 5.39 Å². The van der Waals surface area contributed by atoms with Gasteiger partial charge in [0.1, 0.15) is 0 Å². The molecule has 0 aliphatic rings. The van der Waals surface area contributed by atoms with Gasteiger partial charge >= 0.3 is 5.69 Å². The van der Waals surface area contributed by atoms with E-state index < -0.39 is 11.3 Å². The lowest BCUT2D eigenvalue weighted by atomic mass is 10.2. The lowest BCUT2D eigenvalue weighted by Crippen LogP contribution is -2.19. The van der Waals surface area contributed by atoms with Crippen LogP contribution in [0.5, 0.6) is 11.5 Å². The Kier molecular flexibility index (Phi) is 4.25. The highest BCUT2D eigenvalue weighted by Gasteiger charge is 2.23. The van der Waals surface area contributed by atoms with Crippen LogP contribution >= 0.6 is 0 Å². The van der Waals surface area contributed by atoms with E-state index in [-0.39, 0.29) is 11.4 Å². The first-order valence-corrected chi connectivity index (χ1v) is 5.57. The Bertz CT molecular complexity index is 486. The van der Waals surface area contributed by atoms with Gasteiger partial charge in [-0.1, -0.05) is 0 Å². The van der Waals surface area contributed by atoms with E-state index in [4.69, 9.17) is 19.4 Å². The Morgan fingerprint density at radius 3 is 2.35 bits per heavy atom. The number of anilines is 1. The minimum Gasteiger partial charge on any atom is -0.494 e. The Morgan fingerprint density at radius 1 is 1.35 bits per heavy atom. The summed E-state index contributed by atoms with van der Waals surface area (Å²) in [6, 6.07) is 2.85. The minimum atomic E-state index is -2.19. The summed E-state index contributed by atoms with van der Waals surface area (Å²) in [5.41, 5.74) is 0.516. The van der Waals surface area contributed by atoms with Crippen LogP contribution in [0.4, 0.5) is 11.4 Å². The Balaban J connectivity index is 3.39. The van der Waals surface area contributed by atoms with Gasteiger partial charge in [0.15, 0.2) is 10.7 Å². The van der Waals surface area contributed by atoms with E-state index in [1.165, 1.54) is 33.4 Å². The van der Waals surface area contributed by atoms with Crippen molar-refractivity contribution >= 4 is 22.6 Å². The maximum Gasteiger partial charge on any atom is 0.430 e. The molecule has 8 heteroatoms. The van der Waals surface area contributed by atoms with Crippen LogP contribution in [0.3, 0.4) is 0 Å². The first kappa shape index (κ1) is 13.2. The second kappa shape index (κ2) is 5.47. The molecule has 0 saturated carbocycles. The Hall–Kier alpha value is -1.85. The highest BCUT2D eigenvalue weighted by atomic mass is 32.2. The highest BCUT2D eigenvalue weighted by molar-refractivity contribution is 7.80. The molecule has 1 unspecified atom stereocenters. The Morgan fingerprint density at radius 2 is 1.94 bits per heavy atom. The summed E-state index contributed by atoms with van der Waals surface area (Å²) in [7, 11) is 4.22. The standard InChI is InChI=1S/C9H11N3O4S/c1-12(17(13)14)7-5-8(15-2)6(11-10)4-9(7)16-3/h4-5H,1-3H3/p+1. The maximum absolute atomic E-state index is 11.0.